The van der Waals surface area contributed by atoms with Gasteiger partial charge in [0, 0.05) is 30.1 Å². The molecular formula is C21H22FN3O. The molecule has 0 bridgehead atoms. The quantitative estimate of drug-likeness (QED) is 0.705. The molecule has 0 fully saturated rings. The number of aryl methyl sites for hydroxylation is 2. The van der Waals surface area contributed by atoms with Crippen LogP contribution in [0, 0.1) is 19.7 Å². The molecule has 3 aromatic rings. The zero-order chi connectivity index (χ0) is 18.5. The van der Waals surface area contributed by atoms with Crippen LogP contribution in [0.15, 0.2) is 54.6 Å². The molecular weight excluding hydrogens is 329 g/mol. The second-order valence-electron chi connectivity index (χ2n) is 6.41. The summed E-state index contributed by atoms with van der Waals surface area (Å²) in [6.45, 7) is 4.29. The van der Waals surface area contributed by atoms with Crippen LogP contribution in [-0.4, -0.2) is 16.1 Å². The van der Waals surface area contributed by atoms with Crippen molar-refractivity contribution in [3.63, 3.8) is 0 Å². The van der Waals surface area contributed by atoms with Gasteiger partial charge in [0.25, 0.3) is 0 Å². The smallest absolute Gasteiger partial charge is 0.221 e. The van der Waals surface area contributed by atoms with Crippen molar-refractivity contribution in [3.8, 4) is 0 Å². The number of rotatable bonds is 6. The van der Waals surface area contributed by atoms with Crippen molar-refractivity contribution in [2.45, 2.75) is 32.7 Å². The molecule has 0 aliphatic heterocycles. The standard InChI is InChI=1S/C21H22FN3O/c1-14-20(15(2)25-24-14)13-23-21(26)12-19(16-6-4-3-5-7-16)17-8-10-18(22)11-9-17/h3-11,19H,12-13H2,1-2H3,(H,23,26)(H,24,25)/t19-/m0/s1. The van der Waals surface area contributed by atoms with Crippen LogP contribution in [0.1, 0.15) is 40.4 Å². The lowest BCUT2D eigenvalue weighted by Crippen LogP contribution is -2.25. The largest absolute Gasteiger partial charge is 0.352 e. The van der Waals surface area contributed by atoms with Crippen LogP contribution in [0.25, 0.3) is 0 Å². The summed E-state index contributed by atoms with van der Waals surface area (Å²) in [6.07, 6.45) is 0.297. The molecule has 1 heterocycles. The highest BCUT2D eigenvalue weighted by molar-refractivity contribution is 5.77. The lowest BCUT2D eigenvalue weighted by molar-refractivity contribution is -0.121. The zero-order valence-corrected chi connectivity index (χ0v) is 14.9. The van der Waals surface area contributed by atoms with Crippen molar-refractivity contribution >= 4 is 5.91 Å². The molecule has 0 saturated heterocycles. The van der Waals surface area contributed by atoms with Crippen LogP contribution in [-0.2, 0) is 11.3 Å². The fraction of sp³-hybridized carbons (Fsp3) is 0.238. The summed E-state index contributed by atoms with van der Waals surface area (Å²) in [5.41, 5.74) is 4.81. The number of carbonyl (C=O) groups excluding carboxylic acids is 1. The molecule has 1 atom stereocenters. The van der Waals surface area contributed by atoms with Gasteiger partial charge < -0.3 is 5.32 Å². The summed E-state index contributed by atoms with van der Waals surface area (Å²) in [5, 5.41) is 10.0. The van der Waals surface area contributed by atoms with E-state index in [1.165, 1.54) is 12.1 Å². The summed E-state index contributed by atoms with van der Waals surface area (Å²) in [7, 11) is 0. The summed E-state index contributed by atoms with van der Waals surface area (Å²) in [4.78, 5) is 12.6. The summed E-state index contributed by atoms with van der Waals surface area (Å²) in [6, 6.07) is 16.2. The predicted octanol–water partition coefficient (Wildman–Crippen LogP) is 4.00. The highest BCUT2D eigenvalue weighted by atomic mass is 19.1. The first-order valence-electron chi connectivity index (χ1n) is 8.62. The number of aromatic amines is 1. The van der Waals surface area contributed by atoms with Crippen molar-refractivity contribution in [1.82, 2.24) is 15.5 Å². The van der Waals surface area contributed by atoms with E-state index in [0.717, 1.165) is 28.1 Å². The first-order valence-corrected chi connectivity index (χ1v) is 8.62. The average Bonchev–Trinajstić information content (AvgIpc) is 2.97. The van der Waals surface area contributed by atoms with Crippen LogP contribution in [0.5, 0.6) is 0 Å². The van der Waals surface area contributed by atoms with Gasteiger partial charge in [0.15, 0.2) is 0 Å². The number of benzene rings is 2. The Morgan fingerprint density at radius 3 is 2.35 bits per heavy atom. The Bertz CT molecular complexity index is 853. The maximum Gasteiger partial charge on any atom is 0.221 e. The Morgan fingerprint density at radius 2 is 1.73 bits per heavy atom. The van der Waals surface area contributed by atoms with Gasteiger partial charge in [-0.2, -0.15) is 5.10 Å². The average molecular weight is 351 g/mol. The van der Waals surface area contributed by atoms with Crippen molar-refractivity contribution < 1.29 is 9.18 Å². The van der Waals surface area contributed by atoms with Crippen molar-refractivity contribution in [2.75, 3.05) is 0 Å². The Balaban J connectivity index is 1.75. The summed E-state index contributed by atoms with van der Waals surface area (Å²) < 4.78 is 13.3. The maximum atomic E-state index is 13.3. The molecule has 0 aliphatic rings. The van der Waals surface area contributed by atoms with E-state index >= 15 is 0 Å². The molecule has 0 aliphatic carbocycles. The molecule has 0 saturated carbocycles. The normalized spacial score (nSPS) is 12.0. The van der Waals surface area contributed by atoms with E-state index in [4.69, 9.17) is 0 Å². The third kappa shape index (κ3) is 4.17. The molecule has 5 heteroatoms. The molecule has 3 rings (SSSR count). The highest BCUT2D eigenvalue weighted by Crippen LogP contribution is 2.28. The van der Waals surface area contributed by atoms with Gasteiger partial charge in [-0.05, 0) is 37.1 Å². The lowest BCUT2D eigenvalue weighted by atomic mass is 9.88. The number of H-pyrrole nitrogens is 1. The number of nitrogens with one attached hydrogen (secondary N) is 2. The first kappa shape index (κ1) is 17.9. The van der Waals surface area contributed by atoms with Crippen LogP contribution >= 0.6 is 0 Å². The molecule has 0 spiro atoms. The number of carbonyl (C=O) groups is 1. The minimum atomic E-state index is -0.282. The van der Waals surface area contributed by atoms with Gasteiger partial charge in [0.1, 0.15) is 5.82 Å². The summed E-state index contributed by atoms with van der Waals surface area (Å²) in [5.74, 6) is -0.456. The third-order valence-corrected chi connectivity index (χ3v) is 4.61. The number of amides is 1. The van der Waals surface area contributed by atoms with E-state index in [0.29, 0.717) is 13.0 Å². The number of nitrogens with zero attached hydrogens (tertiary/aromatic N) is 1. The van der Waals surface area contributed by atoms with Gasteiger partial charge in [-0.15, -0.1) is 0 Å². The van der Waals surface area contributed by atoms with Crippen LogP contribution in [0.2, 0.25) is 0 Å². The minimum Gasteiger partial charge on any atom is -0.352 e. The fourth-order valence-corrected chi connectivity index (χ4v) is 3.09. The minimum absolute atomic E-state index is 0.0526. The van der Waals surface area contributed by atoms with E-state index in [1.807, 2.05) is 44.2 Å². The van der Waals surface area contributed by atoms with Gasteiger partial charge >= 0.3 is 0 Å². The van der Waals surface area contributed by atoms with Gasteiger partial charge in [-0.25, -0.2) is 4.39 Å². The predicted molar refractivity (Wildman–Crippen MR) is 99.2 cm³/mol. The van der Waals surface area contributed by atoms with Crippen molar-refractivity contribution in [2.24, 2.45) is 0 Å². The molecule has 26 heavy (non-hydrogen) atoms. The first-order chi connectivity index (χ1) is 12.5. The highest BCUT2D eigenvalue weighted by Gasteiger charge is 2.19. The number of hydrogen-bond acceptors (Lipinski definition) is 2. The van der Waals surface area contributed by atoms with Crippen molar-refractivity contribution in [3.05, 3.63) is 88.5 Å². The Kier molecular flexibility index (Phi) is 5.46. The monoisotopic (exact) mass is 351 g/mol. The molecule has 1 aromatic heterocycles. The molecule has 1 amide bonds. The Labute approximate surface area is 152 Å². The summed E-state index contributed by atoms with van der Waals surface area (Å²) >= 11 is 0. The fourth-order valence-electron chi connectivity index (χ4n) is 3.09. The van der Waals surface area contributed by atoms with Crippen molar-refractivity contribution in [1.29, 1.82) is 0 Å². The maximum absolute atomic E-state index is 13.3. The molecule has 4 nitrogen and oxygen atoms in total. The van der Waals surface area contributed by atoms with E-state index in [2.05, 4.69) is 15.5 Å². The third-order valence-electron chi connectivity index (χ3n) is 4.61. The molecule has 134 valence electrons. The lowest BCUT2D eigenvalue weighted by Gasteiger charge is -2.18. The molecule has 0 unspecified atom stereocenters. The SMILES string of the molecule is Cc1n[nH]c(C)c1CNC(=O)C[C@@H](c1ccccc1)c1ccc(F)cc1. The van der Waals surface area contributed by atoms with Gasteiger partial charge in [0.05, 0.1) is 5.69 Å². The molecule has 2 N–H and O–H groups in total. The van der Waals surface area contributed by atoms with E-state index < -0.39 is 0 Å². The van der Waals surface area contributed by atoms with Gasteiger partial charge in [-0.3, -0.25) is 9.89 Å². The number of halogens is 1. The number of aromatic nitrogens is 2. The molecule has 2 aromatic carbocycles. The molecule has 0 radical (unpaired) electrons. The topological polar surface area (TPSA) is 57.8 Å². The second kappa shape index (κ2) is 7.95. The van der Waals surface area contributed by atoms with Gasteiger partial charge in [0.2, 0.25) is 5.91 Å². The number of hydrogen-bond donors (Lipinski definition) is 2. The van der Waals surface area contributed by atoms with Crippen LogP contribution in [0.3, 0.4) is 0 Å². The van der Waals surface area contributed by atoms with E-state index in [9.17, 15) is 9.18 Å². The zero-order valence-electron chi connectivity index (χ0n) is 14.9. The van der Waals surface area contributed by atoms with E-state index in [1.54, 1.807) is 12.1 Å². The van der Waals surface area contributed by atoms with Crippen LogP contribution in [0.4, 0.5) is 4.39 Å². The van der Waals surface area contributed by atoms with Gasteiger partial charge in [-0.1, -0.05) is 42.5 Å². The second-order valence-corrected chi connectivity index (χ2v) is 6.41. The van der Waals surface area contributed by atoms with E-state index in [-0.39, 0.29) is 17.6 Å². The Hall–Kier alpha value is -2.95. The Morgan fingerprint density at radius 1 is 1.08 bits per heavy atom. The van der Waals surface area contributed by atoms with Crippen LogP contribution < -0.4 is 5.32 Å².